The van der Waals surface area contributed by atoms with Crippen LogP contribution in [0.2, 0.25) is 0 Å². The van der Waals surface area contributed by atoms with Crippen LogP contribution in [0.1, 0.15) is 33.0 Å². The summed E-state index contributed by atoms with van der Waals surface area (Å²) in [4.78, 5) is 12.9. The smallest absolute Gasteiger partial charge is 0.387 e. The van der Waals surface area contributed by atoms with Crippen molar-refractivity contribution in [1.82, 2.24) is 5.32 Å². The highest BCUT2D eigenvalue weighted by molar-refractivity contribution is 7.14. The van der Waals surface area contributed by atoms with Crippen LogP contribution in [0.5, 0.6) is 5.75 Å². The van der Waals surface area contributed by atoms with E-state index in [-0.39, 0.29) is 17.2 Å². The largest absolute Gasteiger partial charge is 0.463 e. The maximum atomic E-state index is 12.4. The molecular formula is C15H17F2NO4S. The van der Waals surface area contributed by atoms with E-state index < -0.39 is 18.1 Å². The fourth-order valence-electron chi connectivity index (χ4n) is 1.98. The summed E-state index contributed by atoms with van der Waals surface area (Å²) in [6, 6.07) is 4.69. The van der Waals surface area contributed by atoms with Crippen LogP contribution in [-0.4, -0.2) is 24.2 Å². The highest BCUT2D eigenvalue weighted by atomic mass is 32.1. The van der Waals surface area contributed by atoms with Gasteiger partial charge < -0.3 is 19.6 Å². The van der Waals surface area contributed by atoms with Crippen molar-refractivity contribution in [2.45, 2.75) is 33.0 Å². The molecule has 0 saturated heterocycles. The van der Waals surface area contributed by atoms with Crippen LogP contribution < -0.4 is 10.1 Å². The summed E-state index contributed by atoms with van der Waals surface area (Å²) in [6.07, 6.45) is 0. The average molecular weight is 345 g/mol. The molecule has 2 heterocycles. The molecule has 2 rings (SSSR count). The maximum absolute atomic E-state index is 12.4. The van der Waals surface area contributed by atoms with Crippen molar-refractivity contribution >= 4 is 17.2 Å². The first kappa shape index (κ1) is 17.4. The summed E-state index contributed by atoms with van der Waals surface area (Å²) in [5.74, 6) is 0.172. The van der Waals surface area contributed by atoms with E-state index in [4.69, 9.17) is 4.42 Å². The van der Waals surface area contributed by atoms with Crippen LogP contribution in [0, 0.1) is 13.8 Å². The summed E-state index contributed by atoms with van der Waals surface area (Å²) in [6.45, 7) is 1.76. The normalized spacial score (nSPS) is 13.9. The molecule has 0 spiro atoms. The first-order valence-electron chi connectivity index (χ1n) is 6.82. The summed E-state index contributed by atoms with van der Waals surface area (Å²) in [5.41, 5.74) is -1.42. The molecule has 5 nitrogen and oxygen atoms in total. The van der Waals surface area contributed by atoms with Crippen LogP contribution in [0.15, 0.2) is 22.6 Å². The predicted molar refractivity (Wildman–Crippen MR) is 81.0 cm³/mol. The van der Waals surface area contributed by atoms with Crippen molar-refractivity contribution in [2.75, 3.05) is 6.54 Å². The number of hydrogen-bond acceptors (Lipinski definition) is 5. The van der Waals surface area contributed by atoms with Crippen LogP contribution in [0.4, 0.5) is 8.78 Å². The lowest BCUT2D eigenvalue weighted by Crippen LogP contribution is -2.38. The minimum atomic E-state index is -3.01. The molecule has 0 aliphatic heterocycles. The Bertz CT molecular complexity index is 693. The quantitative estimate of drug-likeness (QED) is 0.843. The number of carbonyl (C=O) groups excluding carboxylic acids is 1. The van der Waals surface area contributed by atoms with Crippen molar-refractivity contribution < 1.29 is 27.8 Å². The van der Waals surface area contributed by atoms with Crippen LogP contribution >= 0.6 is 11.3 Å². The zero-order valence-corrected chi connectivity index (χ0v) is 13.7. The van der Waals surface area contributed by atoms with Crippen LogP contribution in [-0.2, 0) is 5.60 Å². The van der Waals surface area contributed by atoms with E-state index in [0.717, 1.165) is 11.3 Å². The number of ether oxygens (including phenoxy) is 1. The highest BCUT2D eigenvalue weighted by Crippen LogP contribution is 2.30. The number of halogens is 2. The van der Waals surface area contributed by atoms with Gasteiger partial charge in [-0.3, -0.25) is 4.79 Å². The van der Waals surface area contributed by atoms with Gasteiger partial charge in [0.05, 0.1) is 6.54 Å². The van der Waals surface area contributed by atoms with Gasteiger partial charge in [0.15, 0.2) is 0 Å². The number of rotatable bonds is 6. The third-order valence-corrected chi connectivity index (χ3v) is 4.14. The molecule has 126 valence electrons. The van der Waals surface area contributed by atoms with E-state index in [9.17, 15) is 18.7 Å². The number of thiophene rings is 1. The van der Waals surface area contributed by atoms with Crippen molar-refractivity contribution in [3.63, 3.8) is 0 Å². The van der Waals surface area contributed by atoms with E-state index in [1.54, 1.807) is 26.0 Å². The topological polar surface area (TPSA) is 71.7 Å². The van der Waals surface area contributed by atoms with Gasteiger partial charge in [-0.2, -0.15) is 8.78 Å². The van der Waals surface area contributed by atoms with Gasteiger partial charge in [-0.05, 0) is 39.0 Å². The Hall–Kier alpha value is -1.93. The first-order valence-corrected chi connectivity index (χ1v) is 7.63. The van der Waals surface area contributed by atoms with Crippen molar-refractivity contribution in [1.29, 1.82) is 0 Å². The summed E-state index contributed by atoms with van der Waals surface area (Å²) in [7, 11) is 0. The van der Waals surface area contributed by atoms with E-state index in [2.05, 4.69) is 10.1 Å². The lowest BCUT2D eigenvalue weighted by atomic mass is 10.0. The maximum Gasteiger partial charge on any atom is 0.387 e. The van der Waals surface area contributed by atoms with Gasteiger partial charge in [-0.15, -0.1) is 11.3 Å². The Morgan fingerprint density at radius 2 is 2.17 bits per heavy atom. The van der Waals surface area contributed by atoms with Crippen LogP contribution in [0.25, 0.3) is 0 Å². The van der Waals surface area contributed by atoms with Crippen molar-refractivity contribution in [3.05, 3.63) is 39.5 Å². The molecule has 0 radical (unpaired) electrons. The number of furan rings is 1. The van der Waals surface area contributed by atoms with Crippen molar-refractivity contribution in [2.24, 2.45) is 0 Å². The molecule has 23 heavy (non-hydrogen) atoms. The predicted octanol–water partition coefficient (Wildman–Crippen LogP) is 3.20. The summed E-state index contributed by atoms with van der Waals surface area (Å²) in [5, 5.41) is 12.9. The summed E-state index contributed by atoms with van der Waals surface area (Å²) < 4.78 is 34.4. The Morgan fingerprint density at radius 1 is 1.48 bits per heavy atom. The molecule has 1 atom stereocenters. The molecule has 0 bridgehead atoms. The molecule has 2 N–H and O–H groups in total. The van der Waals surface area contributed by atoms with Gasteiger partial charge in [0.2, 0.25) is 0 Å². The lowest BCUT2D eigenvalue weighted by molar-refractivity contribution is -0.0498. The number of alkyl halides is 2. The third kappa shape index (κ3) is 4.29. The van der Waals surface area contributed by atoms with Gasteiger partial charge in [0.1, 0.15) is 27.7 Å². The zero-order valence-electron chi connectivity index (χ0n) is 12.9. The number of aryl methyl sites for hydroxylation is 2. The molecule has 0 aromatic carbocycles. The molecule has 8 heteroatoms. The fraction of sp³-hybridized carbons (Fsp3) is 0.400. The second kappa shape index (κ2) is 6.67. The molecular weight excluding hydrogens is 328 g/mol. The number of aliphatic hydroxyl groups is 1. The van der Waals surface area contributed by atoms with E-state index in [1.165, 1.54) is 13.0 Å². The number of nitrogens with one attached hydrogen (secondary N) is 1. The lowest BCUT2D eigenvalue weighted by Gasteiger charge is -2.21. The second-order valence-corrected chi connectivity index (χ2v) is 6.55. The van der Waals surface area contributed by atoms with Gasteiger partial charge in [0.25, 0.3) is 5.91 Å². The monoisotopic (exact) mass is 345 g/mol. The van der Waals surface area contributed by atoms with E-state index in [1.807, 2.05) is 0 Å². The zero-order chi connectivity index (χ0) is 17.2. The molecule has 0 aliphatic rings. The molecule has 1 amide bonds. The van der Waals surface area contributed by atoms with Gasteiger partial charge >= 0.3 is 6.61 Å². The molecule has 0 aliphatic carbocycles. The summed E-state index contributed by atoms with van der Waals surface area (Å²) >= 11 is 1.04. The molecule has 0 fully saturated rings. The minimum Gasteiger partial charge on any atom is -0.463 e. The molecule has 2 aromatic rings. The Morgan fingerprint density at radius 3 is 2.74 bits per heavy atom. The first-order chi connectivity index (χ1) is 10.7. The Balaban J connectivity index is 2.07. The number of amides is 1. The van der Waals surface area contributed by atoms with E-state index >= 15 is 0 Å². The number of carbonyl (C=O) groups is 1. The van der Waals surface area contributed by atoms with Gasteiger partial charge in [0, 0.05) is 4.88 Å². The number of hydrogen-bond donors (Lipinski definition) is 2. The second-order valence-electron chi connectivity index (χ2n) is 5.30. The fourth-order valence-corrected chi connectivity index (χ4v) is 2.84. The minimum absolute atomic E-state index is 0.0363. The van der Waals surface area contributed by atoms with E-state index in [0.29, 0.717) is 16.4 Å². The standard InChI is InChI=1S/C15H17F2NO4S/c1-8-4-5-11(21-8)15(3,20)7-18-13(19)12-10(22-14(16)17)6-9(2)23-12/h4-6,14,20H,7H2,1-3H3,(H,18,19). The van der Waals surface area contributed by atoms with Crippen molar-refractivity contribution in [3.8, 4) is 5.75 Å². The van der Waals surface area contributed by atoms with Gasteiger partial charge in [-0.1, -0.05) is 0 Å². The Labute approximate surface area is 135 Å². The molecule has 2 aromatic heterocycles. The molecule has 1 unspecified atom stereocenters. The SMILES string of the molecule is Cc1ccc(C(C)(O)CNC(=O)c2sc(C)cc2OC(F)F)o1. The van der Waals surface area contributed by atoms with Gasteiger partial charge in [-0.25, -0.2) is 0 Å². The molecule has 0 saturated carbocycles. The average Bonchev–Trinajstić information content (AvgIpc) is 3.02. The Kier molecular flexibility index (Phi) is 5.06. The third-order valence-electron chi connectivity index (χ3n) is 3.11. The highest BCUT2D eigenvalue weighted by Gasteiger charge is 2.28. The van der Waals surface area contributed by atoms with Crippen LogP contribution in [0.3, 0.4) is 0 Å².